The first-order chi connectivity index (χ1) is 14.3. The summed E-state index contributed by atoms with van der Waals surface area (Å²) in [5.74, 6) is 0.249. The quantitative estimate of drug-likeness (QED) is 0.443. The Hall–Kier alpha value is -3.47. The van der Waals surface area contributed by atoms with Gasteiger partial charge in [-0.15, -0.1) is 0 Å². The molecule has 4 aromatic rings. The SMILES string of the molecule is CC(C)(C)CC(=O)Cc1ccc(Nc2ccnc3[nH]c(=O)c4ccccc4c23)cc1. The first kappa shape index (κ1) is 19.8. The Kier molecular flexibility index (Phi) is 5.12. The number of nitrogens with one attached hydrogen (secondary N) is 2. The third kappa shape index (κ3) is 4.25. The molecule has 152 valence electrons. The van der Waals surface area contributed by atoms with E-state index in [1.54, 1.807) is 6.20 Å². The summed E-state index contributed by atoms with van der Waals surface area (Å²) in [4.78, 5) is 31.8. The third-order valence-electron chi connectivity index (χ3n) is 4.99. The summed E-state index contributed by atoms with van der Waals surface area (Å²) in [6.07, 6.45) is 2.69. The highest BCUT2D eigenvalue weighted by Gasteiger charge is 2.16. The third-order valence-corrected chi connectivity index (χ3v) is 4.99. The second kappa shape index (κ2) is 7.75. The highest BCUT2D eigenvalue weighted by atomic mass is 16.1. The van der Waals surface area contributed by atoms with Crippen LogP contribution in [0.15, 0.2) is 65.6 Å². The van der Waals surface area contributed by atoms with E-state index >= 15 is 0 Å². The minimum Gasteiger partial charge on any atom is -0.355 e. The monoisotopic (exact) mass is 399 g/mol. The summed E-state index contributed by atoms with van der Waals surface area (Å²) in [5.41, 5.74) is 3.18. The van der Waals surface area contributed by atoms with E-state index in [0.717, 1.165) is 27.7 Å². The fourth-order valence-electron chi connectivity index (χ4n) is 3.75. The van der Waals surface area contributed by atoms with Crippen LogP contribution in [0, 0.1) is 5.41 Å². The molecular formula is C25H25N3O2. The number of aromatic amines is 1. The highest BCUT2D eigenvalue weighted by molar-refractivity contribution is 6.10. The zero-order valence-electron chi connectivity index (χ0n) is 17.5. The van der Waals surface area contributed by atoms with E-state index in [9.17, 15) is 9.59 Å². The zero-order valence-corrected chi connectivity index (χ0v) is 17.5. The summed E-state index contributed by atoms with van der Waals surface area (Å²) in [6, 6.07) is 17.3. The molecule has 0 aliphatic carbocycles. The van der Waals surface area contributed by atoms with Crippen molar-refractivity contribution in [3.05, 3.63) is 76.7 Å². The van der Waals surface area contributed by atoms with Gasteiger partial charge in [-0.25, -0.2) is 4.98 Å². The Labute approximate surface area is 175 Å². The van der Waals surface area contributed by atoms with Gasteiger partial charge in [0.25, 0.3) is 5.56 Å². The summed E-state index contributed by atoms with van der Waals surface area (Å²) in [7, 11) is 0. The Bertz CT molecular complexity index is 1280. The Morgan fingerprint density at radius 2 is 1.70 bits per heavy atom. The molecule has 0 saturated heterocycles. The molecule has 5 heteroatoms. The van der Waals surface area contributed by atoms with Crippen LogP contribution in [0.4, 0.5) is 11.4 Å². The highest BCUT2D eigenvalue weighted by Crippen LogP contribution is 2.29. The molecule has 2 aromatic carbocycles. The number of benzene rings is 2. The number of nitrogens with zero attached hydrogens (tertiary/aromatic N) is 1. The van der Waals surface area contributed by atoms with E-state index in [1.165, 1.54) is 0 Å². The molecule has 0 spiro atoms. The number of hydrogen-bond donors (Lipinski definition) is 2. The molecule has 4 rings (SSSR count). The van der Waals surface area contributed by atoms with Gasteiger partial charge in [0.1, 0.15) is 11.4 Å². The molecule has 0 amide bonds. The number of pyridine rings is 2. The number of Topliss-reactive ketones (excluding diaryl/α,β-unsaturated/α-hetero) is 1. The lowest BCUT2D eigenvalue weighted by molar-refractivity contribution is -0.120. The van der Waals surface area contributed by atoms with Crippen LogP contribution in [0.25, 0.3) is 21.8 Å². The maximum atomic E-state index is 12.3. The van der Waals surface area contributed by atoms with Gasteiger partial charge in [-0.2, -0.15) is 0 Å². The predicted molar refractivity (Wildman–Crippen MR) is 122 cm³/mol. The molecule has 0 radical (unpaired) electrons. The summed E-state index contributed by atoms with van der Waals surface area (Å²) in [6.45, 7) is 6.23. The number of hydrogen-bond acceptors (Lipinski definition) is 4. The number of rotatable bonds is 5. The van der Waals surface area contributed by atoms with Crippen LogP contribution in [0.2, 0.25) is 0 Å². The molecule has 0 aliphatic heterocycles. The number of aromatic nitrogens is 2. The van der Waals surface area contributed by atoms with Crippen molar-refractivity contribution in [2.24, 2.45) is 5.41 Å². The van der Waals surface area contributed by atoms with Gasteiger partial charge in [-0.05, 0) is 35.2 Å². The molecule has 0 unspecified atom stereocenters. The van der Waals surface area contributed by atoms with Gasteiger partial charge in [0.05, 0.1) is 5.69 Å². The topological polar surface area (TPSA) is 74.8 Å². The predicted octanol–water partition coefficient (Wildman–Crippen LogP) is 5.37. The van der Waals surface area contributed by atoms with Crippen molar-refractivity contribution >= 4 is 39.0 Å². The van der Waals surface area contributed by atoms with Gasteiger partial charge in [-0.3, -0.25) is 9.59 Å². The van der Waals surface area contributed by atoms with E-state index in [1.807, 2.05) is 54.6 Å². The van der Waals surface area contributed by atoms with Crippen molar-refractivity contribution in [1.29, 1.82) is 0 Å². The fraction of sp³-hybridized carbons (Fsp3) is 0.240. The first-order valence-corrected chi connectivity index (χ1v) is 10.1. The number of ketones is 1. The van der Waals surface area contributed by atoms with Crippen molar-refractivity contribution in [2.75, 3.05) is 5.32 Å². The Balaban J connectivity index is 1.63. The Morgan fingerprint density at radius 3 is 2.40 bits per heavy atom. The number of anilines is 2. The van der Waals surface area contributed by atoms with Gasteiger partial charge < -0.3 is 10.3 Å². The maximum Gasteiger partial charge on any atom is 0.257 e. The van der Waals surface area contributed by atoms with Gasteiger partial charge >= 0.3 is 0 Å². The standard InChI is InChI=1S/C25H25N3O2/c1-25(2,3)15-18(29)14-16-8-10-17(11-9-16)27-21-12-13-26-23-22(21)19-6-4-5-7-20(19)24(30)28-23/h4-13H,14-15H2,1-3H3,(H2,26,27,28,30). The van der Waals surface area contributed by atoms with Crippen LogP contribution < -0.4 is 10.9 Å². The van der Waals surface area contributed by atoms with Crippen LogP contribution in [0.5, 0.6) is 0 Å². The smallest absolute Gasteiger partial charge is 0.257 e. The second-order valence-electron chi connectivity index (χ2n) is 8.86. The van der Waals surface area contributed by atoms with Gasteiger partial charge in [0.15, 0.2) is 0 Å². The number of H-pyrrole nitrogens is 1. The average Bonchev–Trinajstić information content (AvgIpc) is 2.68. The van der Waals surface area contributed by atoms with Crippen molar-refractivity contribution < 1.29 is 4.79 Å². The molecule has 2 N–H and O–H groups in total. The van der Waals surface area contributed by atoms with Crippen molar-refractivity contribution in [2.45, 2.75) is 33.6 Å². The van der Waals surface area contributed by atoms with Gasteiger partial charge in [0.2, 0.25) is 0 Å². The number of fused-ring (bicyclic) bond motifs is 3. The largest absolute Gasteiger partial charge is 0.355 e. The van der Waals surface area contributed by atoms with Crippen LogP contribution >= 0.6 is 0 Å². The molecule has 2 aromatic heterocycles. The minimum atomic E-state index is -0.146. The summed E-state index contributed by atoms with van der Waals surface area (Å²) in [5, 5.41) is 5.79. The Morgan fingerprint density at radius 1 is 1.00 bits per heavy atom. The van der Waals surface area contributed by atoms with E-state index in [4.69, 9.17) is 0 Å². The summed E-state index contributed by atoms with van der Waals surface area (Å²) < 4.78 is 0. The van der Waals surface area contributed by atoms with E-state index < -0.39 is 0 Å². The normalized spacial score (nSPS) is 11.7. The fourth-order valence-corrected chi connectivity index (χ4v) is 3.75. The first-order valence-electron chi connectivity index (χ1n) is 10.1. The molecular weight excluding hydrogens is 374 g/mol. The molecule has 0 atom stereocenters. The lowest BCUT2D eigenvalue weighted by Crippen LogP contribution is -2.14. The maximum absolute atomic E-state index is 12.3. The molecule has 0 bridgehead atoms. The lowest BCUT2D eigenvalue weighted by atomic mass is 9.88. The minimum absolute atomic E-state index is 0.00469. The van der Waals surface area contributed by atoms with E-state index in [-0.39, 0.29) is 16.8 Å². The van der Waals surface area contributed by atoms with Crippen molar-refractivity contribution in [3.63, 3.8) is 0 Å². The van der Waals surface area contributed by atoms with E-state index in [2.05, 4.69) is 36.1 Å². The van der Waals surface area contributed by atoms with Crippen molar-refractivity contribution in [3.8, 4) is 0 Å². The lowest BCUT2D eigenvalue weighted by Gasteiger charge is -2.16. The van der Waals surface area contributed by atoms with Crippen LogP contribution in [0.3, 0.4) is 0 Å². The van der Waals surface area contributed by atoms with Gasteiger partial charge in [-0.1, -0.05) is 51.1 Å². The summed E-state index contributed by atoms with van der Waals surface area (Å²) >= 11 is 0. The number of carbonyl (C=O) groups is 1. The zero-order chi connectivity index (χ0) is 21.3. The molecule has 5 nitrogen and oxygen atoms in total. The average molecular weight is 399 g/mol. The molecule has 0 aliphatic rings. The van der Waals surface area contributed by atoms with Crippen LogP contribution in [0.1, 0.15) is 32.8 Å². The number of carbonyl (C=O) groups excluding carboxylic acids is 1. The second-order valence-corrected chi connectivity index (χ2v) is 8.86. The molecule has 2 heterocycles. The van der Waals surface area contributed by atoms with Crippen LogP contribution in [-0.2, 0) is 11.2 Å². The molecule has 0 saturated carbocycles. The molecule has 30 heavy (non-hydrogen) atoms. The molecule has 0 fully saturated rings. The van der Waals surface area contributed by atoms with Crippen molar-refractivity contribution in [1.82, 2.24) is 9.97 Å². The van der Waals surface area contributed by atoms with E-state index in [0.29, 0.717) is 23.9 Å². The van der Waals surface area contributed by atoms with Gasteiger partial charge in [0, 0.05) is 40.9 Å². The van der Waals surface area contributed by atoms with Crippen LogP contribution in [-0.4, -0.2) is 15.8 Å².